The number of amides is 2. The summed E-state index contributed by atoms with van der Waals surface area (Å²) in [5.41, 5.74) is 0.863. The van der Waals surface area contributed by atoms with E-state index in [-0.39, 0.29) is 11.8 Å². The summed E-state index contributed by atoms with van der Waals surface area (Å²) < 4.78 is 5.13. The van der Waals surface area contributed by atoms with Crippen LogP contribution in [0, 0.1) is 5.92 Å². The molecule has 0 bridgehead atoms. The predicted molar refractivity (Wildman–Crippen MR) is 106 cm³/mol. The van der Waals surface area contributed by atoms with Gasteiger partial charge in [-0.05, 0) is 37.0 Å². The van der Waals surface area contributed by atoms with E-state index in [0.717, 1.165) is 5.56 Å². The number of aliphatic carboxylic acids is 1. The summed E-state index contributed by atoms with van der Waals surface area (Å²) in [5.74, 6) is -0.886. The Morgan fingerprint density at radius 3 is 2.11 bits per heavy atom. The maximum atomic E-state index is 12.8. The maximum absolute atomic E-state index is 12.8. The fraction of sp³-hybridized carbons (Fsp3) is 0.550. The first-order valence-corrected chi connectivity index (χ1v) is 9.31. The third kappa shape index (κ3) is 7.56. The molecule has 4 N–H and O–H groups in total. The smallest absolute Gasteiger partial charge is 0.320 e. The van der Waals surface area contributed by atoms with Gasteiger partial charge in [-0.1, -0.05) is 26.0 Å². The molecule has 1 aromatic rings. The molecule has 0 radical (unpaired) electrons. The second-order valence-corrected chi connectivity index (χ2v) is 7.14. The molecule has 0 heterocycles. The number of benzene rings is 1. The normalized spacial score (nSPS) is 14.1. The van der Waals surface area contributed by atoms with E-state index in [2.05, 4.69) is 16.0 Å². The van der Waals surface area contributed by atoms with Gasteiger partial charge in [-0.3, -0.25) is 19.7 Å². The van der Waals surface area contributed by atoms with Gasteiger partial charge in [0.05, 0.1) is 13.2 Å². The number of hydrogen-bond donors (Lipinski definition) is 4. The van der Waals surface area contributed by atoms with Gasteiger partial charge in [0.1, 0.15) is 17.8 Å². The molecule has 0 aliphatic heterocycles. The van der Waals surface area contributed by atoms with Crippen LogP contribution in [0.25, 0.3) is 0 Å². The number of methoxy groups -OCH3 is 1. The van der Waals surface area contributed by atoms with Crippen LogP contribution in [0.1, 0.15) is 32.8 Å². The quantitative estimate of drug-likeness (QED) is 0.445. The summed E-state index contributed by atoms with van der Waals surface area (Å²) in [7, 11) is 3.08. The molecule has 1 rings (SSSR count). The Morgan fingerprint density at radius 1 is 1.04 bits per heavy atom. The number of nitrogens with one attached hydrogen (secondary N) is 3. The molecule has 0 saturated heterocycles. The predicted octanol–water partition coefficient (Wildman–Crippen LogP) is 0.946. The van der Waals surface area contributed by atoms with Gasteiger partial charge in [-0.2, -0.15) is 0 Å². The zero-order valence-corrected chi connectivity index (χ0v) is 17.1. The van der Waals surface area contributed by atoms with Crippen LogP contribution < -0.4 is 20.7 Å². The zero-order chi connectivity index (χ0) is 21.3. The van der Waals surface area contributed by atoms with E-state index in [9.17, 15) is 14.4 Å². The lowest BCUT2D eigenvalue weighted by Crippen LogP contribution is -2.55. The van der Waals surface area contributed by atoms with Crippen molar-refractivity contribution in [3.8, 4) is 5.75 Å². The largest absolute Gasteiger partial charge is 0.497 e. The summed E-state index contributed by atoms with van der Waals surface area (Å²) in [4.78, 5) is 36.2. The topological polar surface area (TPSA) is 117 Å². The molecule has 0 aromatic heterocycles. The van der Waals surface area contributed by atoms with Gasteiger partial charge >= 0.3 is 5.97 Å². The van der Waals surface area contributed by atoms with Crippen molar-refractivity contribution < 1.29 is 24.2 Å². The Hall–Kier alpha value is -2.61. The second kappa shape index (κ2) is 11.3. The Labute approximate surface area is 166 Å². The Morgan fingerprint density at radius 2 is 1.64 bits per heavy atom. The van der Waals surface area contributed by atoms with Crippen molar-refractivity contribution in [2.24, 2.45) is 5.92 Å². The van der Waals surface area contributed by atoms with Crippen molar-refractivity contribution in [3.63, 3.8) is 0 Å². The molecule has 0 aliphatic carbocycles. The molecule has 8 heteroatoms. The summed E-state index contributed by atoms with van der Waals surface area (Å²) in [6.45, 7) is 5.37. The van der Waals surface area contributed by atoms with E-state index in [1.54, 1.807) is 19.2 Å². The third-order valence-electron chi connectivity index (χ3n) is 4.32. The number of carbonyl (C=O) groups excluding carboxylic acids is 2. The van der Waals surface area contributed by atoms with Crippen LogP contribution in [0.4, 0.5) is 0 Å². The van der Waals surface area contributed by atoms with Crippen LogP contribution in [0.3, 0.4) is 0 Å². The van der Waals surface area contributed by atoms with E-state index in [1.807, 2.05) is 26.0 Å². The number of carbonyl (C=O) groups is 3. The summed E-state index contributed by atoms with van der Waals surface area (Å²) in [6.07, 6.45) is 0.755. The number of hydrogen-bond acceptors (Lipinski definition) is 5. The Kier molecular flexibility index (Phi) is 9.44. The van der Waals surface area contributed by atoms with Gasteiger partial charge in [0.2, 0.25) is 11.8 Å². The van der Waals surface area contributed by atoms with Crippen LogP contribution in [0.5, 0.6) is 5.75 Å². The Bertz CT molecular complexity index is 660. The molecule has 0 aliphatic rings. The molecular weight excluding hydrogens is 362 g/mol. The van der Waals surface area contributed by atoms with Crippen LogP contribution in [0.15, 0.2) is 24.3 Å². The van der Waals surface area contributed by atoms with Crippen molar-refractivity contribution in [2.45, 2.75) is 51.7 Å². The molecular formula is C20H31N3O5. The number of carboxylic acids is 1. The molecule has 0 saturated carbocycles. The molecule has 2 amide bonds. The van der Waals surface area contributed by atoms with Crippen LogP contribution >= 0.6 is 0 Å². The van der Waals surface area contributed by atoms with Crippen molar-refractivity contribution in [2.75, 3.05) is 14.2 Å². The average molecular weight is 393 g/mol. The van der Waals surface area contributed by atoms with Crippen LogP contribution in [-0.4, -0.2) is 55.2 Å². The van der Waals surface area contributed by atoms with E-state index in [1.165, 1.54) is 14.0 Å². The molecule has 28 heavy (non-hydrogen) atoms. The van der Waals surface area contributed by atoms with Crippen molar-refractivity contribution >= 4 is 17.8 Å². The average Bonchev–Trinajstić information content (AvgIpc) is 2.66. The molecule has 3 atom stereocenters. The van der Waals surface area contributed by atoms with Gasteiger partial charge in [0.15, 0.2) is 0 Å². The highest BCUT2D eigenvalue weighted by Crippen LogP contribution is 2.13. The number of carboxylic acid groups (broad SMARTS) is 1. The minimum atomic E-state index is -1.04. The van der Waals surface area contributed by atoms with E-state index >= 15 is 0 Å². The van der Waals surface area contributed by atoms with Crippen molar-refractivity contribution in [1.29, 1.82) is 0 Å². The summed E-state index contributed by atoms with van der Waals surface area (Å²) in [6, 6.07) is 4.87. The molecule has 0 spiro atoms. The molecule has 0 fully saturated rings. The van der Waals surface area contributed by atoms with Gasteiger partial charge in [-0.15, -0.1) is 0 Å². The number of rotatable bonds is 11. The first kappa shape index (κ1) is 23.4. The van der Waals surface area contributed by atoms with Gasteiger partial charge in [0.25, 0.3) is 0 Å². The summed E-state index contributed by atoms with van der Waals surface area (Å²) >= 11 is 0. The van der Waals surface area contributed by atoms with E-state index < -0.39 is 30.0 Å². The molecule has 3 unspecified atom stereocenters. The molecule has 1 aromatic carbocycles. The van der Waals surface area contributed by atoms with Crippen molar-refractivity contribution in [3.05, 3.63) is 29.8 Å². The summed E-state index contributed by atoms with van der Waals surface area (Å²) in [5, 5.41) is 17.3. The SMILES string of the molecule is CNC(=O)C(Cc1ccc(OC)cc1)NC(=O)C(CC(C)C)NC(C)C(=O)O. The highest BCUT2D eigenvalue weighted by molar-refractivity contribution is 5.90. The van der Waals surface area contributed by atoms with E-state index in [4.69, 9.17) is 9.84 Å². The van der Waals surface area contributed by atoms with Gasteiger partial charge in [0, 0.05) is 13.5 Å². The number of likely N-dealkylation sites (N-methyl/N-ethyl adjacent to an activating group) is 1. The fourth-order valence-corrected chi connectivity index (χ4v) is 2.75. The van der Waals surface area contributed by atoms with Crippen molar-refractivity contribution in [1.82, 2.24) is 16.0 Å². The minimum Gasteiger partial charge on any atom is -0.497 e. The first-order valence-electron chi connectivity index (χ1n) is 9.31. The highest BCUT2D eigenvalue weighted by atomic mass is 16.5. The molecule has 156 valence electrons. The maximum Gasteiger partial charge on any atom is 0.320 e. The third-order valence-corrected chi connectivity index (χ3v) is 4.32. The second-order valence-electron chi connectivity index (χ2n) is 7.14. The Balaban J connectivity index is 2.92. The number of ether oxygens (including phenoxy) is 1. The lowest BCUT2D eigenvalue weighted by atomic mass is 10.0. The fourth-order valence-electron chi connectivity index (χ4n) is 2.75. The standard InChI is InChI=1S/C20H31N3O5/c1-12(2)10-16(22-13(3)20(26)27)19(25)23-17(18(24)21-4)11-14-6-8-15(28-5)9-7-14/h6-9,12-13,16-17,22H,10-11H2,1-5H3,(H,21,24)(H,23,25)(H,26,27). The minimum absolute atomic E-state index is 0.171. The monoisotopic (exact) mass is 393 g/mol. The van der Waals surface area contributed by atoms with Gasteiger partial charge in [-0.25, -0.2) is 0 Å². The zero-order valence-electron chi connectivity index (χ0n) is 17.1. The lowest BCUT2D eigenvalue weighted by molar-refractivity contribution is -0.139. The van der Waals surface area contributed by atoms with Crippen LogP contribution in [-0.2, 0) is 20.8 Å². The van der Waals surface area contributed by atoms with Gasteiger partial charge < -0.3 is 20.5 Å². The van der Waals surface area contributed by atoms with Crippen LogP contribution in [0.2, 0.25) is 0 Å². The lowest BCUT2D eigenvalue weighted by Gasteiger charge is -2.25. The highest BCUT2D eigenvalue weighted by Gasteiger charge is 2.28. The first-order chi connectivity index (χ1) is 13.2. The van der Waals surface area contributed by atoms with E-state index in [0.29, 0.717) is 18.6 Å². The molecule has 8 nitrogen and oxygen atoms in total.